The number of ketones is 1. The molecule has 0 atom stereocenters. The number of carbonyl (C=O) groups is 1. The van der Waals surface area contributed by atoms with Gasteiger partial charge in [-0.2, -0.15) is 0 Å². The van der Waals surface area contributed by atoms with Gasteiger partial charge in [0.2, 0.25) is 5.78 Å². The molecule has 0 bridgehead atoms. The number of hydrogen-bond donors (Lipinski definition) is 1. The molecule has 0 spiro atoms. The molecule has 2 heterocycles. The normalized spacial score (nSPS) is 11.1. The number of benzene rings is 1. The molecule has 0 saturated heterocycles. The van der Waals surface area contributed by atoms with E-state index in [1.807, 2.05) is 0 Å². The number of halogens is 1. The van der Waals surface area contributed by atoms with Crippen molar-refractivity contribution < 1.29 is 13.6 Å². The van der Waals surface area contributed by atoms with Crippen molar-refractivity contribution in [1.82, 2.24) is 4.98 Å². The van der Waals surface area contributed by atoms with Crippen molar-refractivity contribution in [1.29, 1.82) is 0 Å². The van der Waals surface area contributed by atoms with Gasteiger partial charge in [-0.05, 0) is 24.3 Å². The molecule has 19 heavy (non-hydrogen) atoms. The Bertz CT molecular complexity index is 763. The van der Waals surface area contributed by atoms with Crippen LogP contribution in [0.5, 0.6) is 0 Å². The zero-order valence-electron chi connectivity index (χ0n) is 9.72. The highest BCUT2D eigenvalue weighted by atomic mass is 32.1. The minimum absolute atomic E-state index is 0.148. The minimum atomic E-state index is -0.369. The summed E-state index contributed by atoms with van der Waals surface area (Å²) in [6, 6.07) is 5.62. The van der Waals surface area contributed by atoms with Crippen molar-refractivity contribution >= 4 is 28.1 Å². The van der Waals surface area contributed by atoms with Crippen LogP contribution in [-0.4, -0.2) is 10.8 Å². The number of hydrogen-bond acceptors (Lipinski definition) is 5. The van der Waals surface area contributed by atoms with Gasteiger partial charge in [0.05, 0.1) is 0 Å². The molecule has 6 heteroatoms. The molecule has 0 fully saturated rings. The number of nitrogens with zero attached hydrogens (tertiary/aromatic N) is 1. The standard InChI is InChI=1S/C13H9FN2O2S/c14-8-1-2-10-7(3-8)4-11(18-10)13(17)9-6-19-12(5-15)16-9/h1-4,6H,5,15H2. The predicted molar refractivity (Wildman–Crippen MR) is 69.6 cm³/mol. The van der Waals surface area contributed by atoms with Crippen LogP contribution in [0.2, 0.25) is 0 Å². The number of nitrogens with two attached hydrogens (primary N) is 1. The van der Waals surface area contributed by atoms with Gasteiger partial charge in [-0.3, -0.25) is 4.79 Å². The minimum Gasteiger partial charge on any atom is -0.453 e. The van der Waals surface area contributed by atoms with E-state index in [4.69, 9.17) is 10.2 Å². The zero-order valence-corrected chi connectivity index (χ0v) is 10.5. The highest BCUT2D eigenvalue weighted by Gasteiger charge is 2.17. The molecule has 0 aliphatic rings. The lowest BCUT2D eigenvalue weighted by Crippen LogP contribution is -2.01. The Labute approximate surface area is 111 Å². The fourth-order valence-corrected chi connectivity index (χ4v) is 2.42. The molecule has 96 valence electrons. The lowest BCUT2D eigenvalue weighted by molar-refractivity contribution is 0.101. The summed E-state index contributed by atoms with van der Waals surface area (Å²) in [6.07, 6.45) is 0. The summed E-state index contributed by atoms with van der Waals surface area (Å²) in [4.78, 5) is 16.2. The van der Waals surface area contributed by atoms with Crippen LogP contribution in [0.3, 0.4) is 0 Å². The van der Waals surface area contributed by atoms with Crippen molar-refractivity contribution in [3.63, 3.8) is 0 Å². The van der Waals surface area contributed by atoms with Crippen molar-refractivity contribution in [2.45, 2.75) is 6.54 Å². The van der Waals surface area contributed by atoms with E-state index in [0.29, 0.717) is 28.2 Å². The van der Waals surface area contributed by atoms with E-state index in [1.165, 1.54) is 35.6 Å². The summed E-state index contributed by atoms with van der Waals surface area (Å²) in [6.45, 7) is 0.295. The van der Waals surface area contributed by atoms with Crippen LogP contribution in [0.25, 0.3) is 11.0 Å². The Balaban J connectivity index is 2.01. The second-order valence-electron chi connectivity index (χ2n) is 3.95. The van der Waals surface area contributed by atoms with Gasteiger partial charge in [0.15, 0.2) is 5.76 Å². The summed E-state index contributed by atoms with van der Waals surface area (Å²) in [5.41, 5.74) is 6.22. The van der Waals surface area contributed by atoms with Gasteiger partial charge in [0.1, 0.15) is 22.1 Å². The third-order valence-corrected chi connectivity index (χ3v) is 3.53. The van der Waals surface area contributed by atoms with Crippen LogP contribution in [0.1, 0.15) is 21.3 Å². The SMILES string of the molecule is NCc1nc(C(=O)c2cc3cc(F)ccc3o2)cs1. The summed E-state index contributed by atoms with van der Waals surface area (Å²) >= 11 is 1.32. The Morgan fingerprint density at radius 3 is 3.00 bits per heavy atom. The maximum atomic E-state index is 13.1. The first-order valence-corrected chi connectivity index (χ1v) is 6.43. The third kappa shape index (κ3) is 2.16. The largest absolute Gasteiger partial charge is 0.453 e. The fourth-order valence-electron chi connectivity index (χ4n) is 1.76. The number of thiazole rings is 1. The van der Waals surface area contributed by atoms with E-state index in [2.05, 4.69) is 4.98 Å². The van der Waals surface area contributed by atoms with E-state index in [-0.39, 0.29) is 17.4 Å². The van der Waals surface area contributed by atoms with Gasteiger partial charge in [0.25, 0.3) is 0 Å². The number of furan rings is 1. The lowest BCUT2D eigenvalue weighted by atomic mass is 10.2. The quantitative estimate of drug-likeness (QED) is 0.747. The zero-order chi connectivity index (χ0) is 13.4. The molecule has 2 aromatic heterocycles. The van der Waals surface area contributed by atoms with E-state index in [9.17, 15) is 9.18 Å². The molecule has 0 aliphatic carbocycles. The monoisotopic (exact) mass is 276 g/mol. The van der Waals surface area contributed by atoms with Gasteiger partial charge >= 0.3 is 0 Å². The Morgan fingerprint density at radius 1 is 1.42 bits per heavy atom. The lowest BCUT2D eigenvalue weighted by Gasteiger charge is -1.90. The maximum absolute atomic E-state index is 13.1. The first kappa shape index (κ1) is 12.0. The summed E-state index contributed by atoms with van der Waals surface area (Å²) in [5.74, 6) is -0.548. The summed E-state index contributed by atoms with van der Waals surface area (Å²) < 4.78 is 18.5. The molecule has 2 N–H and O–H groups in total. The first-order valence-electron chi connectivity index (χ1n) is 5.55. The number of aromatic nitrogens is 1. The highest BCUT2D eigenvalue weighted by molar-refractivity contribution is 7.09. The molecule has 3 aromatic rings. The molecule has 3 rings (SSSR count). The first-order chi connectivity index (χ1) is 9.17. The van der Waals surface area contributed by atoms with Crippen LogP contribution >= 0.6 is 11.3 Å². The smallest absolute Gasteiger partial charge is 0.247 e. The molecule has 1 aromatic carbocycles. The molecular formula is C13H9FN2O2S. The van der Waals surface area contributed by atoms with Crippen LogP contribution in [0, 0.1) is 5.82 Å². The Morgan fingerprint density at radius 2 is 2.26 bits per heavy atom. The molecule has 0 saturated carbocycles. The van der Waals surface area contributed by atoms with E-state index >= 15 is 0 Å². The van der Waals surface area contributed by atoms with Gasteiger partial charge in [-0.15, -0.1) is 11.3 Å². The van der Waals surface area contributed by atoms with Crippen LogP contribution in [-0.2, 0) is 6.54 Å². The topological polar surface area (TPSA) is 69.1 Å². The summed E-state index contributed by atoms with van der Waals surface area (Å²) in [7, 11) is 0. The molecule has 0 radical (unpaired) electrons. The highest BCUT2D eigenvalue weighted by Crippen LogP contribution is 2.23. The van der Waals surface area contributed by atoms with Crippen molar-refractivity contribution in [3.8, 4) is 0 Å². The van der Waals surface area contributed by atoms with E-state index < -0.39 is 0 Å². The van der Waals surface area contributed by atoms with Crippen LogP contribution in [0.15, 0.2) is 34.1 Å². The second kappa shape index (κ2) is 4.56. The number of fused-ring (bicyclic) bond motifs is 1. The maximum Gasteiger partial charge on any atom is 0.247 e. The van der Waals surface area contributed by atoms with E-state index in [0.717, 1.165) is 0 Å². The molecule has 4 nitrogen and oxygen atoms in total. The Hall–Kier alpha value is -2.05. The molecule has 0 unspecified atom stereocenters. The number of carbonyl (C=O) groups excluding carboxylic acids is 1. The van der Waals surface area contributed by atoms with Crippen LogP contribution in [0.4, 0.5) is 4.39 Å². The summed E-state index contributed by atoms with van der Waals surface area (Å²) in [5, 5.41) is 2.88. The van der Waals surface area contributed by atoms with Gasteiger partial charge < -0.3 is 10.2 Å². The van der Waals surface area contributed by atoms with Crippen molar-refractivity contribution in [2.75, 3.05) is 0 Å². The average molecular weight is 276 g/mol. The second-order valence-corrected chi connectivity index (χ2v) is 4.90. The predicted octanol–water partition coefficient (Wildman–Crippen LogP) is 2.72. The average Bonchev–Trinajstić information content (AvgIpc) is 3.03. The van der Waals surface area contributed by atoms with Crippen LogP contribution < -0.4 is 5.73 Å². The van der Waals surface area contributed by atoms with Gasteiger partial charge in [0, 0.05) is 17.3 Å². The molecule has 0 amide bonds. The number of rotatable bonds is 3. The van der Waals surface area contributed by atoms with Gasteiger partial charge in [-0.25, -0.2) is 9.37 Å². The van der Waals surface area contributed by atoms with Crippen molar-refractivity contribution in [2.24, 2.45) is 5.73 Å². The Kier molecular flexibility index (Phi) is 2.88. The van der Waals surface area contributed by atoms with E-state index in [1.54, 1.807) is 5.38 Å². The fraction of sp³-hybridized carbons (Fsp3) is 0.0769. The van der Waals surface area contributed by atoms with Gasteiger partial charge in [-0.1, -0.05) is 0 Å². The molecule has 0 aliphatic heterocycles. The van der Waals surface area contributed by atoms with Crippen molar-refractivity contribution in [3.05, 3.63) is 51.9 Å². The molecular weight excluding hydrogens is 267 g/mol. The third-order valence-electron chi connectivity index (χ3n) is 2.66.